The van der Waals surface area contributed by atoms with Gasteiger partial charge in [-0.3, -0.25) is 4.90 Å². The first kappa shape index (κ1) is 18.0. The Labute approximate surface area is 171 Å². The molecule has 146 valence electrons. The van der Waals surface area contributed by atoms with Gasteiger partial charge in [-0.15, -0.1) is 0 Å². The van der Waals surface area contributed by atoms with Gasteiger partial charge in [0.15, 0.2) is 0 Å². The number of carbonyl (C=O) groups is 1. The molecule has 2 atom stereocenters. The van der Waals surface area contributed by atoms with Gasteiger partial charge < -0.3 is 4.74 Å². The molecule has 0 N–H and O–H groups in total. The molecule has 2 heterocycles. The van der Waals surface area contributed by atoms with Crippen LogP contribution >= 0.6 is 0 Å². The van der Waals surface area contributed by atoms with Gasteiger partial charge in [0, 0.05) is 6.04 Å². The molecule has 3 aliphatic rings. The van der Waals surface area contributed by atoms with Crippen LogP contribution in [-0.2, 0) is 16.8 Å². The van der Waals surface area contributed by atoms with Crippen LogP contribution in [-0.4, -0.2) is 23.1 Å². The molecule has 2 aromatic rings. The number of hydrogen-bond donors (Lipinski definition) is 0. The van der Waals surface area contributed by atoms with Crippen molar-refractivity contribution < 1.29 is 9.53 Å². The number of nitriles is 1. The largest absolute Gasteiger partial charge is 0.445 e. The van der Waals surface area contributed by atoms with Crippen molar-refractivity contribution in [3.8, 4) is 6.07 Å². The summed E-state index contributed by atoms with van der Waals surface area (Å²) >= 11 is 0. The Bertz CT molecular complexity index is 1000. The van der Waals surface area contributed by atoms with Gasteiger partial charge >= 0.3 is 6.09 Å². The van der Waals surface area contributed by atoms with E-state index in [1.807, 2.05) is 35.2 Å². The standard InChI is InChI=1S/C25H24N2O2/c26-17-25(11-12-25)21-8-4-7-19(13-21)20-14-22-9-10-23(15-20)27(22)24(28)29-16-18-5-2-1-3-6-18/h1-8,13-14,22-23H,9-12,15-16H2. The monoisotopic (exact) mass is 384 g/mol. The average molecular weight is 384 g/mol. The van der Waals surface area contributed by atoms with E-state index in [0.29, 0.717) is 6.61 Å². The zero-order valence-electron chi connectivity index (χ0n) is 16.4. The van der Waals surface area contributed by atoms with Crippen molar-refractivity contribution in [1.82, 2.24) is 4.90 Å². The van der Waals surface area contributed by atoms with Crippen LogP contribution in [0, 0.1) is 11.3 Å². The molecule has 1 saturated carbocycles. The van der Waals surface area contributed by atoms with Gasteiger partial charge in [-0.05, 0) is 60.4 Å². The van der Waals surface area contributed by atoms with Crippen LogP contribution in [0.5, 0.6) is 0 Å². The molecular weight excluding hydrogens is 360 g/mol. The summed E-state index contributed by atoms with van der Waals surface area (Å²) in [5.41, 5.74) is 4.36. The lowest BCUT2D eigenvalue weighted by molar-refractivity contribution is 0.0832. The second-order valence-corrected chi connectivity index (χ2v) is 8.42. The fraction of sp³-hybridized carbons (Fsp3) is 0.360. The third-order valence-corrected chi connectivity index (χ3v) is 6.56. The smallest absolute Gasteiger partial charge is 0.410 e. The zero-order valence-corrected chi connectivity index (χ0v) is 16.4. The maximum absolute atomic E-state index is 12.7. The number of ether oxygens (including phenoxy) is 1. The molecule has 4 heteroatoms. The minimum Gasteiger partial charge on any atom is -0.445 e. The van der Waals surface area contributed by atoms with Crippen LogP contribution in [0.3, 0.4) is 0 Å². The summed E-state index contributed by atoms with van der Waals surface area (Å²) in [5, 5.41) is 9.51. The van der Waals surface area contributed by atoms with E-state index >= 15 is 0 Å². The van der Waals surface area contributed by atoms with E-state index < -0.39 is 0 Å². The molecule has 2 bridgehead atoms. The summed E-state index contributed by atoms with van der Waals surface area (Å²) in [4.78, 5) is 14.7. The predicted molar refractivity (Wildman–Crippen MR) is 111 cm³/mol. The van der Waals surface area contributed by atoms with Gasteiger partial charge in [0.1, 0.15) is 6.61 Å². The molecule has 2 aliphatic heterocycles. The summed E-state index contributed by atoms with van der Waals surface area (Å²) in [6.45, 7) is 0.310. The predicted octanol–water partition coefficient (Wildman–Crippen LogP) is 5.20. The molecular formula is C25H24N2O2. The zero-order chi connectivity index (χ0) is 19.8. The molecule has 0 radical (unpaired) electrons. The molecule has 2 aromatic carbocycles. The molecule has 29 heavy (non-hydrogen) atoms. The van der Waals surface area contributed by atoms with Crippen LogP contribution in [0.2, 0.25) is 0 Å². The summed E-state index contributed by atoms with van der Waals surface area (Å²) in [5.74, 6) is 0. The Morgan fingerprint density at radius 1 is 1.14 bits per heavy atom. The molecule has 1 aliphatic carbocycles. The van der Waals surface area contributed by atoms with Crippen molar-refractivity contribution in [1.29, 1.82) is 5.26 Å². The Morgan fingerprint density at radius 3 is 2.69 bits per heavy atom. The second-order valence-electron chi connectivity index (χ2n) is 8.42. The van der Waals surface area contributed by atoms with Crippen LogP contribution in [0.15, 0.2) is 60.7 Å². The quantitative estimate of drug-likeness (QED) is 0.728. The lowest BCUT2D eigenvalue weighted by Gasteiger charge is -2.33. The highest BCUT2D eigenvalue weighted by Crippen LogP contribution is 2.48. The minimum atomic E-state index is -0.266. The average Bonchev–Trinajstić information content (AvgIpc) is 3.53. The highest BCUT2D eigenvalue weighted by atomic mass is 16.6. The number of rotatable bonds is 4. The van der Waals surface area contributed by atoms with Crippen LogP contribution in [0.25, 0.3) is 5.57 Å². The number of carbonyl (C=O) groups excluding carboxylic acids is 1. The van der Waals surface area contributed by atoms with Gasteiger partial charge in [-0.2, -0.15) is 5.26 Å². The van der Waals surface area contributed by atoms with Crippen molar-refractivity contribution in [3.05, 3.63) is 77.4 Å². The van der Waals surface area contributed by atoms with E-state index in [0.717, 1.165) is 43.2 Å². The second kappa shape index (κ2) is 7.08. The van der Waals surface area contributed by atoms with E-state index in [1.54, 1.807) is 0 Å². The lowest BCUT2D eigenvalue weighted by atomic mass is 9.90. The fourth-order valence-electron chi connectivity index (χ4n) is 4.73. The van der Waals surface area contributed by atoms with Gasteiger partial charge in [0.2, 0.25) is 0 Å². The first-order chi connectivity index (χ1) is 14.2. The first-order valence-electron chi connectivity index (χ1n) is 10.4. The molecule has 5 rings (SSSR count). The fourth-order valence-corrected chi connectivity index (χ4v) is 4.73. The maximum Gasteiger partial charge on any atom is 0.410 e. The van der Waals surface area contributed by atoms with E-state index in [2.05, 4.69) is 36.4 Å². The summed E-state index contributed by atoms with van der Waals surface area (Å²) in [6, 6.07) is 21.0. The highest BCUT2D eigenvalue weighted by Gasteiger charge is 2.45. The normalized spacial score (nSPS) is 23.8. The number of benzene rings is 2. The molecule has 0 spiro atoms. The van der Waals surface area contributed by atoms with Crippen molar-refractivity contribution in [2.75, 3.05) is 0 Å². The number of amides is 1. The van der Waals surface area contributed by atoms with E-state index in [-0.39, 0.29) is 23.6 Å². The summed E-state index contributed by atoms with van der Waals surface area (Å²) in [6.07, 6.45) is 6.77. The Balaban J connectivity index is 1.32. The van der Waals surface area contributed by atoms with E-state index in [4.69, 9.17) is 4.74 Å². The summed E-state index contributed by atoms with van der Waals surface area (Å²) < 4.78 is 5.60. The Morgan fingerprint density at radius 2 is 1.97 bits per heavy atom. The van der Waals surface area contributed by atoms with Gasteiger partial charge in [0.25, 0.3) is 0 Å². The van der Waals surface area contributed by atoms with Crippen molar-refractivity contribution in [2.45, 2.75) is 56.2 Å². The third kappa shape index (κ3) is 3.31. The molecule has 4 nitrogen and oxygen atoms in total. The van der Waals surface area contributed by atoms with Crippen molar-refractivity contribution >= 4 is 11.7 Å². The molecule has 0 aromatic heterocycles. The highest BCUT2D eigenvalue weighted by molar-refractivity contribution is 5.75. The molecule has 2 unspecified atom stereocenters. The lowest BCUT2D eigenvalue weighted by Crippen LogP contribution is -2.43. The van der Waals surface area contributed by atoms with Crippen LogP contribution in [0.1, 0.15) is 48.8 Å². The number of hydrogen-bond acceptors (Lipinski definition) is 3. The van der Waals surface area contributed by atoms with Crippen molar-refractivity contribution in [2.24, 2.45) is 0 Å². The van der Waals surface area contributed by atoms with E-state index in [9.17, 15) is 10.1 Å². The third-order valence-electron chi connectivity index (χ3n) is 6.56. The van der Waals surface area contributed by atoms with Crippen LogP contribution in [0.4, 0.5) is 4.79 Å². The van der Waals surface area contributed by atoms with Gasteiger partial charge in [0.05, 0.1) is 17.5 Å². The first-order valence-corrected chi connectivity index (χ1v) is 10.4. The topological polar surface area (TPSA) is 53.3 Å². The Hall–Kier alpha value is -3.06. The number of nitrogens with zero attached hydrogens (tertiary/aromatic N) is 2. The van der Waals surface area contributed by atoms with Gasteiger partial charge in [-0.1, -0.05) is 54.6 Å². The van der Waals surface area contributed by atoms with Crippen molar-refractivity contribution in [3.63, 3.8) is 0 Å². The SMILES string of the molecule is N#CC1(c2cccc(C3=CC4CCC(C3)N4C(=O)OCc3ccccc3)c2)CC1. The van der Waals surface area contributed by atoms with Gasteiger partial charge in [-0.25, -0.2) is 4.79 Å². The maximum atomic E-state index is 12.7. The molecule has 2 fully saturated rings. The minimum absolute atomic E-state index is 0.0986. The van der Waals surface area contributed by atoms with Crippen LogP contribution < -0.4 is 0 Å². The molecule has 1 saturated heterocycles. The molecule has 1 amide bonds. The summed E-state index contributed by atoms with van der Waals surface area (Å²) in [7, 11) is 0. The Kier molecular flexibility index (Phi) is 4.39. The number of fused-ring (bicyclic) bond motifs is 2. The van der Waals surface area contributed by atoms with E-state index in [1.165, 1.54) is 11.1 Å².